The van der Waals surface area contributed by atoms with Gasteiger partial charge in [0.15, 0.2) is 0 Å². The van der Waals surface area contributed by atoms with Gasteiger partial charge in [-0.05, 0) is 0 Å². The second-order valence-electron chi connectivity index (χ2n) is 3.15. The van der Waals surface area contributed by atoms with Crippen molar-refractivity contribution in [1.82, 2.24) is 10.2 Å². The molecule has 2 aliphatic heterocycles. The molecule has 1 N–H and O–H groups in total. The van der Waals surface area contributed by atoms with Crippen molar-refractivity contribution >= 4 is 29.4 Å². The van der Waals surface area contributed by atoms with Gasteiger partial charge in [-0.25, -0.2) is 0 Å². The third kappa shape index (κ3) is 2.33. The number of nitrogens with zero attached hydrogens (tertiary/aromatic N) is 1. The van der Waals surface area contributed by atoms with E-state index in [4.69, 9.17) is 0 Å². The molecule has 2 aliphatic rings. The Labute approximate surface area is 87.0 Å². The fraction of sp³-hybridized carbons (Fsp3) is 0.875. The molecule has 3 nitrogen and oxygen atoms in total. The molecule has 0 unspecified atom stereocenters. The number of amides is 1. The van der Waals surface area contributed by atoms with Crippen LogP contribution in [-0.4, -0.2) is 53.1 Å². The fourth-order valence-corrected chi connectivity index (χ4v) is 4.28. The van der Waals surface area contributed by atoms with Crippen LogP contribution in [0.15, 0.2) is 0 Å². The summed E-state index contributed by atoms with van der Waals surface area (Å²) in [5, 5.41) is 3.25. The van der Waals surface area contributed by atoms with Gasteiger partial charge in [0, 0.05) is 37.7 Å². The maximum atomic E-state index is 11.9. The first kappa shape index (κ1) is 9.68. The van der Waals surface area contributed by atoms with E-state index in [1.807, 2.05) is 4.90 Å². The van der Waals surface area contributed by atoms with E-state index in [0.717, 1.165) is 37.7 Å². The summed E-state index contributed by atoms with van der Waals surface area (Å²) in [6.45, 7) is 3.68. The molecule has 0 aromatic rings. The van der Waals surface area contributed by atoms with E-state index >= 15 is 0 Å². The maximum Gasteiger partial charge on any atom is 0.245 e. The minimum Gasteiger partial charge on any atom is -0.338 e. The molecule has 0 atom stereocenters. The summed E-state index contributed by atoms with van der Waals surface area (Å²) in [5.74, 6) is 2.61. The molecule has 2 rings (SSSR count). The van der Waals surface area contributed by atoms with Gasteiger partial charge < -0.3 is 10.2 Å². The highest BCUT2D eigenvalue weighted by molar-refractivity contribution is 8.21. The Morgan fingerprint density at radius 2 is 1.85 bits per heavy atom. The van der Waals surface area contributed by atoms with Gasteiger partial charge in [-0.2, -0.15) is 0 Å². The van der Waals surface area contributed by atoms with E-state index < -0.39 is 0 Å². The molecule has 0 saturated carbocycles. The van der Waals surface area contributed by atoms with Gasteiger partial charge in [0.25, 0.3) is 0 Å². The smallest absolute Gasteiger partial charge is 0.245 e. The van der Waals surface area contributed by atoms with Crippen molar-refractivity contribution in [3.63, 3.8) is 0 Å². The lowest BCUT2D eigenvalue weighted by atomic mass is 10.3. The number of carbonyl (C=O) groups is 1. The SMILES string of the molecule is O=C(C1SCCS1)N1CCNCC1. The van der Waals surface area contributed by atoms with Gasteiger partial charge in [0.05, 0.1) is 0 Å². The largest absolute Gasteiger partial charge is 0.338 e. The first-order chi connectivity index (χ1) is 6.38. The highest BCUT2D eigenvalue weighted by Gasteiger charge is 2.28. The first-order valence-corrected chi connectivity index (χ1v) is 6.70. The first-order valence-electron chi connectivity index (χ1n) is 4.60. The Bertz CT molecular complexity index is 189. The standard InChI is InChI=1S/C8H14N2OS2/c11-7(8-12-5-6-13-8)10-3-1-9-2-4-10/h8-9H,1-6H2. The van der Waals surface area contributed by atoms with Crippen LogP contribution in [0.5, 0.6) is 0 Å². The summed E-state index contributed by atoms with van der Waals surface area (Å²) in [4.78, 5) is 13.8. The second-order valence-corrected chi connectivity index (χ2v) is 5.87. The molecule has 0 radical (unpaired) electrons. The van der Waals surface area contributed by atoms with E-state index in [2.05, 4.69) is 5.32 Å². The highest BCUT2D eigenvalue weighted by Crippen LogP contribution is 2.33. The van der Waals surface area contributed by atoms with Crippen molar-refractivity contribution < 1.29 is 4.79 Å². The van der Waals surface area contributed by atoms with Crippen molar-refractivity contribution in [3.05, 3.63) is 0 Å². The lowest BCUT2D eigenvalue weighted by molar-refractivity contribution is -0.129. The second kappa shape index (κ2) is 4.57. The van der Waals surface area contributed by atoms with Gasteiger partial charge in [-0.3, -0.25) is 4.79 Å². The highest BCUT2D eigenvalue weighted by atomic mass is 32.2. The van der Waals surface area contributed by atoms with Gasteiger partial charge in [-0.1, -0.05) is 0 Å². The minimum absolute atomic E-state index is 0.193. The van der Waals surface area contributed by atoms with Crippen LogP contribution in [0.25, 0.3) is 0 Å². The molecule has 0 aliphatic carbocycles. The van der Waals surface area contributed by atoms with Crippen LogP contribution >= 0.6 is 23.5 Å². The monoisotopic (exact) mass is 218 g/mol. The Balaban J connectivity index is 1.87. The lowest BCUT2D eigenvalue weighted by Gasteiger charge is -2.29. The van der Waals surface area contributed by atoms with E-state index in [0.29, 0.717) is 5.91 Å². The summed E-state index contributed by atoms with van der Waals surface area (Å²) in [6.07, 6.45) is 0. The number of rotatable bonds is 1. The van der Waals surface area contributed by atoms with E-state index in [-0.39, 0.29) is 4.58 Å². The molecular weight excluding hydrogens is 204 g/mol. The van der Waals surface area contributed by atoms with Crippen LogP contribution in [0, 0.1) is 0 Å². The normalized spacial score (nSPS) is 25.1. The minimum atomic E-state index is 0.193. The van der Waals surface area contributed by atoms with Crippen LogP contribution in [0.1, 0.15) is 0 Å². The summed E-state index contributed by atoms with van der Waals surface area (Å²) in [7, 11) is 0. The predicted octanol–water partition coefficient (Wildman–Crippen LogP) is 0.224. The van der Waals surface area contributed by atoms with Crippen LogP contribution in [0.2, 0.25) is 0 Å². The number of carbonyl (C=O) groups excluding carboxylic acids is 1. The molecule has 13 heavy (non-hydrogen) atoms. The average Bonchev–Trinajstić information content (AvgIpc) is 2.71. The molecule has 74 valence electrons. The fourth-order valence-electron chi connectivity index (χ4n) is 1.54. The van der Waals surface area contributed by atoms with Crippen molar-refractivity contribution in [1.29, 1.82) is 0 Å². The maximum absolute atomic E-state index is 11.9. The molecule has 2 saturated heterocycles. The quantitative estimate of drug-likeness (QED) is 0.682. The Hall–Kier alpha value is 0.130. The predicted molar refractivity (Wildman–Crippen MR) is 58.2 cm³/mol. The van der Waals surface area contributed by atoms with Crippen molar-refractivity contribution in [2.24, 2.45) is 0 Å². The van der Waals surface area contributed by atoms with Crippen LogP contribution < -0.4 is 5.32 Å². The average molecular weight is 218 g/mol. The summed E-state index contributed by atoms with van der Waals surface area (Å²) < 4.78 is 0.193. The Kier molecular flexibility index (Phi) is 3.40. The summed E-state index contributed by atoms with van der Waals surface area (Å²) in [5.41, 5.74) is 0. The van der Waals surface area contributed by atoms with Gasteiger partial charge in [0.2, 0.25) is 5.91 Å². The van der Waals surface area contributed by atoms with Gasteiger partial charge >= 0.3 is 0 Å². The number of thioether (sulfide) groups is 2. The van der Waals surface area contributed by atoms with E-state index in [1.54, 1.807) is 23.5 Å². The molecule has 0 aromatic carbocycles. The van der Waals surface area contributed by atoms with Gasteiger partial charge in [0.1, 0.15) is 4.58 Å². The van der Waals surface area contributed by atoms with Crippen LogP contribution in [0.4, 0.5) is 0 Å². The molecule has 0 spiro atoms. The van der Waals surface area contributed by atoms with Crippen molar-refractivity contribution in [2.45, 2.75) is 4.58 Å². The Morgan fingerprint density at radius 3 is 2.46 bits per heavy atom. The third-order valence-electron chi connectivity index (χ3n) is 2.25. The molecular formula is C8H14N2OS2. The molecule has 2 heterocycles. The topological polar surface area (TPSA) is 32.3 Å². The van der Waals surface area contributed by atoms with Crippen LogP contribution in [-0.2, 0) is 4.79 Å². The third-order valence-corrected chi connectivity index (χ3v) is 5.22. The number of nitrogens with one attached hydrogen (secondary N) is 1. The van der Waals surface area contributed by atoms with Gasteiger partial charge in [-0.15, -0.1) is 23.5 Å². The van der Waals surface area contributed by atoms with Crippen molar-refractivity contribution in [2.75, 3.05) is 37.7 Å². The zero-order valence-electron chi connectivity index (χ0n) is 7.49. The lowest BCUT2D eigenvalue weighted by Crippen LogP contribution is -2.48. The zero-order valence-corrected chi connectivity index (χ0v) is 9.12. The number of piperazine rings is 1. The zero-order chi connectivity index (χ0) is 9.10. The molecule has 2 fully saturated rings. The number of hydrogen-bond acceptors (Lipinski definition) is 4. The molecule has 0 aromatic heterocycles. The molecule has 1 amide bonds. The number of hydrogen-bond donors (Lipinski definition) is 1. The summed E-state index contributed by atoms with van der Waals surface area (Å²) >= 11 is 3.59. The molecule has 0 bridgehead atoms. The van der Waals surface area contributed by atoms with E-state index in [1.165, 1.54) is 0 Å². The Morgan fingerprint density at radius 1 is 1.23 bits per heavy atom. The van der Waals surface area contributed by atoms with E-state index in [9.17, 15) is 4.79 Å². The van der Waals surface area contributed by atoms with Crippen molar-refractivity contribution in [3.8, 4) is 0 Å². The molecule has 5 heteroatoms. The summed E-state index contributed by atoms with van der Waals surface area (Å²) in [6, 6.07) is 0. The van der Waals surface area contributed by atoms with Crippen LogP contribution in [0.3, 0.4) is 0 Å².